The van der Waals surface area contributed by atoms with Crippen LogP contribution in [0.25, 0.3) is 0 Å². The topological polar surface area (TPSA) is 51.2 Å². The van der Waals surface area contributed by atoms with Crippen LogP contribution in [0.15, 0.2) is 42.6 Å². The van der Waals surface area contributed by atoms with Crippen molar-refractivity contribution >= 4 is 34.4 Å². The third kappa shape index (κ3) is 3.93. The van der Waals surface area contributed by atoms with Crippen LogP contribution in [0.1, 0.15) is 22.8 Å². The summed E-state index contributed by atoms with van der Waals surface area (Å²) in [5.74, 6) is 0.196. The molecule has 0 aliphatic heterocycles. The summed E-state index contributed by atoms with van der Waals surface area (Å²) < 4.78 is 5.95. The van der Waals surface area contributed by atoms with Gasteiger partial charge in [-0.2, -0.15) is 0 Å². The second-order valence-corrected chi connectivity index (χ2v) is 5.35. The summed E-state index contributed by atoms with van der Waals surface area (Å²) in [5, 5.41) is 3.18. The number of pyridine rings is 1. The summed E-state index contributed by atoms with van der Waals surface area (Å²) in [5.41, 5.74) is 1.59. The predicted octanol–water partition coefficient (Wildman–Crippen LogP) is 3.48. The minimum atomic E-state index is -0.353. The summed E-state index contributed by atoms with van der Waals surface area (Å²) >= 11 is 2.13. The zero-order chi connectivity index (χ0) is 14.4. The molecule has 104 valence electrons. The number of anilines is 1. The summed E-state index contributed by atoms with van der Waals surface area (Å²) in [4.78, 5) is 16.2. The van der Waals surface area contributed by atoms with E-state index in [9.17, 15) is 4.79 Å². The first-order chi connectivity index (χ1) is 9.70. The molecule has 0 saturated carbocycles. The van der Waals surface area contributed by atoms with Crippen LogP contribution in [0.2, 0.25) is 0 Å². The molecule has 4 nitrogen and oxygen atoms in total. The Labute approximate surface area is 131 Å². The summed E-state index contributed by atoms with van der Waals surface area (Å²) in [6, 6.07) is 11.7. The Balaban J connectivity index is 2.16. The van der Waals surface area contributed by atoms with E-state index >= 15 is 0 Å². The van der Waals surface area contributed by atoms with E-state index in [1.165, 1.54) is 0 Å². The molecule has 5 heteroatoms. The maximum absolute atomic E-state index is 11.9. The van der Waals surface area contributed by atoms with Crippen molar-refractivity contribution in [1.29, 1.82) is 0 Å². The van der Waals surface area contributed by atoms with Crippen LogP contribution in [0.3, 0.4) is 0 Å². The highest BCUT2D eigenvalue weighted by molar-refractivity contribution is 14.1. The number of nitrogens with zero attached hydrogens (tertiary/aromatic N) is 1. The minimum absolute atomic E-state index is 0.350. The largest absolute Gasteiger partial charge is 0.462 e. The van der Waals surface area contributed by atoms with Gasteiger partial charge in [0, 0.05) is 16.3 Å². The SMILES string of the molecule is CCOC(=O)c1cc(I)cnc1NCc1ccccc1. The third-order valence-electron chi connectivity index (χ3n) is 2.65. The van der Waals surface area contributed by atoms with Gasteiger partial charge in [-0.1, -0.05) is 30.3 Å². The van der Waals surface area contributed by atoms with E-state index in [1.54, 1.807) is 19.2 Å². The van der Waals surface area contributed by atoms with Gasteiger partial charge in [-0.05, 0) is 41.1 Å². The molecule has 0 aliphatic carbocycles. The normalized spacial score (nSPS) is 10.1. The first-order valence-electron chi connectivity index (χ1n) is 6.31. The van der Waals surface area contributed by atoms with Gasteiger partial charge in [0.2, 0.25) is 0 Å². The number of aromatic nitrogens is 1. The van der Waals surface area contributed by atoms with Crippen LogP contribution in [0.5, 0.6) is 0 Å². The van der Waals surface area contributed by atoms with Gasteiger partial charge in [-0.15, -0.1) is 0 Å². The molecule has 0 bridgehead atoms. The van der Waals surface area contributed by atoms with Gasteiger partial charge in [-0.3, -0.25) is 0 Å². The fourth-order valence-electron chi connectivity index (χ4n) is 1.73. The Morgan fingerprint density at radius 3 is 2.80 bits per heavy atom. The number of ether oxygens (including phenoxy) is 1. The molecule has 0 atom stereocenters. The van der Waals surface area contributed by atoms with Crippen LogP contribution in [0.4, 0.5) is 5.82 Å². The zero-order valence-corrected chi connectivity index (χ0v) is 13.3. The minimum Gasteiger partial charge on any atom is -0.462 e. The maximum Gasteiger partial charge on any atom is 0.341 e. The van der Waals surface area contributed by atoms with Crippen molar-refractivity contribution in [3.8, 4) is 0 Å². The number of carbonyl (C=O) groups excluding carboxylic acids is 1. The second kappa shape index (κ2) is 7.23. The van der Waals surface area contributed by atoms with Gasteiger partial charge in [-0.25, -0.2) is 9.78 Å². The molecule has 1 aromatic heterocycles. The molecule has 0 saturated heterocycles. The highest BCUT2D eigenvalue weighted by Gasteiger charge is 2.14. The quantitative estimate of drug-likeness (QED) is 0.636. The lowest BCUT2D eigenvalue weighted by atomic mass is 10.2. The smallest absolute Gasteiger partial charge is 0.341 e. The molecular formula is C15H15IN2O2. The Morgan fingerprint density at radius 1 is 1.35 bits per heavy atom. The van der Waals surface area contributed by atoms with Gasteiger partial charge in [0.05, 0.1) is 6.61 Å². The summed E-state index contributed by atoms with van der Waals surface area (Å²) in [6.07, 6.45) is 1.72. The van der Waals surface area contributed by atoms with Gasteiger partial charge in [0.25, 0.3) is 0 Å². The average Bonchev–Trinajstić information content (AvgIpc) is 2.47. The van der Waals surface area contributed by atoms with Gasteiger partial charge < -0.3 is 10.1 Å². The fraction of sp³-hybridized carbons (Fsp3) is 0.200. The van der Waals surface area contributed by atoms with Crippen molar-refractivity contribution in [2.24, 2.45) is 0 Å². The number of rotatable bonds is 5. The number of nitrogens with one attached hydrogen (secondary N) is 1. The monoisotopic (exact) mass is 382 g/mol. The number of hydrogen-bond donors (Lipinski definition) is 1. The summed E-state index contributed by atoms with van der Waals surface area (Å²) in [6.45, 7) is 2.75. The Hall–Kier alpha value is -1.63. The van der Waals surface area contributed by atoms with Crippen molar-refractivity contribution in [3.63, 3.8) is 0 Å². The molecule has 1 aromatic carbocycles. The molecule has 1 heterocycles. The molecule has 0 radical (unpaired) electrons. The van der Waals surface area contributed by atoms with E-state index in [2.05, 4.69) is 32.9 Å². The van der Waals surface area contributed by atoms with E-state index in [1.807, 2.05) is 30.3 Å². The molecule has 1 N–H and O–H groups in total. The third-order valence-corrected chi connectivity index (χ3v) is 3.24. The van der Waals surface area contributed by atoms with E-state index in [0.717, 1.165) is 9.13 Å². The van der Waals surface area contributed by atoms with Crippen LogP contribution < -0.4 is 5.32 Å². The van der Waals surface area contributed by atoms with E-state index in [0.29, 0.717) is 24.5 Å². The number of carbonyl (C=O) groups is 1. The highest BCUT2D eigenvalue weighted by atomic mass is 127. The Morgan fingerprint density at radius 2 is 2.10 bits per heavy atom. The van der Waals surface area contributed by atoms with Crippen LogP contribution in [-0.4, -0.2) is 17.6 Å². The average molecular weight is 382 g/mol. The van der Waals surface area contributed by atoms with Crippen LogP contribution in [0, 0.1) is 3.57 Å². The second-order valence-electron chi connectivity index (χ2n) is 4.11. The van der Waals surface area contributed by atoms with Gasteiger partial charge in [0.15, 0.2) is 0 Å². The van der Waals surface area contributed by atoms with Gasteiger partial charge in [0.1, 0.15) is 11.4 Å². The fourth-order valence-corrected chi connectivity index (χ4v) is 2.18. The number of hydrogen-bond acceptors (Lipinski definition) is 4. The standard InChI is InChI=1S/C15H15IN2O2/c1-2-20-15(19)13-8-12(16)10-18-14(13)17-9-11-6-4-3-5-7-11/h3-8,10H,2,9H2,1H3,(H,17,18). The predicted molar refractivity (Wildman–Crippen MR) is 86.7 cm³/mol. The molecule has 2 rings (SSSR count). The van der Waals surface area contributed by atoms with Crippen molar-refractivity contribution < 1.29 is 9.53 Å². The first-order valence-corrected chi connectivity index (χ1v) is 7.39. The van der Waals surface area contributed by atoms with Gasteiger partial charge >= 0.3 is 5.97 Å². The summed E-state index contributed by atoms with van der Waals surface area (Å²) in [7, 11) is 0. The maximum atomic E-state index is 11.9. The van der Waals surface area contributed by atoms with Crippen molar-refractivity contribution in [2.75, 3.05) is 11.9 Å². The molecule has 0 spiro atoms. The molecular weight excluding hydrogens is 367 g/mol. The molecule has 0 amide bonds. The number of benzene rings is 1. The van der Waals surface area contributed by atoms with Crippen molar-refractivity contribution in [1.82, 2.24) is 4.98 Å². The first kappa shape index (κ1) is 14.8. The van der Waals surface area contributed by atoms with E-state index in [4.69, 9.17) is 4.74 Å². The van der Waals surface area contributed by atoms with Crippen molar-refractivity contribution in [2.45, 2.75) is 13.5 Å². The number of halogens is 1. The molecule has 0 aliphatic rings. The lowest BCUT2D eigenvalue weighted by Gasteiger charge is -2.10. The molecule has 2 aromatic rings. The zero-order valence-electron chi connectivity index (χ0n) is 11.1. The Kier molecular flexibility index (Phi) is 5.34. The lowest BCUT2D eigenvalue weighted by Crippen LogP contribution is -2.11. The van der Waals surface area contributed by atoms with Crippen LogP contribution in [-0.2, 0) is 11.3 Å². The molecule has 0 unspecified atom stereocenters. The van der Waals surface area contributed by atoms with E-state index in [-0.39, 0.29) is 5.97 Å². The molecule has 0 fully saturated rings. The highest BCUT2D eigenvalue weighted by Crippen LogP contribution is 2.17. The van der Waals surface area contributed by atoms with Crippen molar-refractivity contribution in [3.05, 3.63) is 57.3 Å². The molecule has 20 heavy (non-hydrogen) atoms. The number of esters is 1. The Bertz CT molecular complexity index is 588. The lowest BCUT2D eigenvalue weighted by molar-refractivity contribution is 0.0527. The van der Waals surface area contributed by atoms with Crippen LogP contribution >= 0.6 is 22.6 Å². The van der Waals surface area contributed by atoms with E-state index < -0.39 is 0 Å².